The number of ether oxygens (including phenoxy) is 2. The molecule has 0 radical (unpaired) electrons. The Morgan fingerprint density at radius 1 is 0.967 bits per heavy atom. The van der Waals surface area contributed by atoms with Crippen molar-refractivity contribution in [1.29, 1.82) is 0 Å². The first-order chi connectivity index (χ1) is 14.5. The van der Waals surface area contributed by atoms with E-state index in [1.54, 1.807) is 18.2 Å². The van der Waals surface area contributed by atoms with Crippen LogP contribution in [0.15, 0.2) is 54.6 Å². The van der Waals surface area contributed by atoms with Gasteiger partial charge in [-0.1, -0.05) is 24.3 Å². The van der Waals surface area contributed by atoms with Crippen LogP contribution in [-0.2, 0) is 10.2 Å². The van der Waals surface area contributed by atoms with Crippen molar-refractivity contribution < 1.29 is 23.0 Å². The number of amides is 1. The number of hydrogen-bond donors (Lipinski definition) is 1. The zero-order chi connectivity index (χ0) is 20.9. The van der Waals surface area contributed by atoms with E-state index in [9.17, 15) is 13.6 Å². The van der Waals surface area contributed by atoms with Gasteiger partial charge in [0.25, 0.3) is 0 Å². The quantitative estimate of drug-likeness (QED) is 0.635. The Hall–Kier alpha value is -3.41. The largest absolute Gasteiger partial charge is 0.454 e. The molecule has 6 heteroatoms. The third-order valence-electron chi connectivity index (χ3n) is 5.85. The number of fused-ring (bicyclic) bond motifs is 1. The van der Waals surface area contributed by atoms with Crippen molar-refractivity contribution in [2.24, 2.45) is 0 Å². The predicted molar refractivity (Wildman–Crippen MR) is 109 cm³/mol. The van der Waals surface area contributed by atoms with Crippen LogP contribution in [0.5, 0.6) is 11.5 Å². The molecule has 0 aromatic heterocycles. The van der Waals surface area contributed by atoms with E-state index < -0.39 is 17.0 Å². The summed E-state index contributed by atoms with van der Waals surface area (Å²) in [6.07, 6.45) is 1.46. The monoisotopic (exact) mass is 407 g/mol. The first kappa shape index (κ1) is 18.6. The molecular weight excluding hydrogens is 388 g/mol. The lowest BCUT2D eigenvalue weighted by Crippen LogP contribution is -2.27. The van der Waals surface area contributed by atoms with Crippen LogP contribution >= 0.6 is 0 Å². The van der Waals surface area contributed by atoms with Gasteiger partial charge < -0.3 is 14.8 Å². The van der Waals surface area contributed by atoms with Gasteiger partial charge in [0, 0.05) is 11.3 Å². The number of nitrogens with one attached hydrogen (secondary N) is 1. The standard InChI is InChI=1S/C24H19F2NO3/c1-14-5-7-16(12-18(14)17-3-2-4-19(25)22(17)26)27-23(28)24(9-10-24)15-6-8-20-21(11-15)30-13-29-20/h2-8,11-12H,9-10,13H2,1H3,(H,27,28). The molecule has 2 aliphatic rings. The first-order valence-electron chi connectivity index (χ1n) is 9.74. The molecular formula is C24H19F2NO3. The molecule has 1 fully saturated rings. The van der Waals surface area contributed by atoms with Crippen molar-refractivity contribution >= 4 is 11.6 Å². The van der Waals surface area contributed by atoms with Crippen molar-refractivity contribution in [3.8, 4) is 22.6 Å². The van der Waals surface area contributed by atoms with E-state index in [0.717, 1.165) is 30.0 Å². The van der Waals surface area contributed by atoms with E-state index in [1.165, 1.54) is 12.1 Å². The van der Waals surface area contributed by atoms with Crippen molar-refractivity contribution in [2.45, 2.75) is 25.2 Å². The maximum absolute atomic E-state index is 14.3. The zero-order valence-electron chi connectivity index (χ0n) is 16.3. The van der Waals surface area contributed by atoms with Crippen LogP contribution < -0.4 is 14.8 Å². The summed E-state index contributed by atoms with van der Waals surface area (Å²) < 4.78 is 38.8. The smallest absolute Gasteiger partial charge is 0.235 e. The first-order valence-corrected chi connectivity index (χ1v) is 9.74. The van der Waals surface area contributed by atoms with Crippen molar-refractivity contribution in [1.82, 2.24) is 0 Å². The summed E-state index contributed by atoms with van der Waals surface area (Å²) in [7, 11) is 0. The number of aryl methyl sites for hydroxylation is 1. The molecule has 1 saturated carbocycles. The van der Waals surface area contributed by atoms with E-state index in [-0.39, 0.29) is 18.3 Å². The molecule has 0 spiro atoms. The Kier molecular flexibility index (Phi) is 4.24. The molecule has 3 aromatic carbocycles. The summed E-state index contributed by atoms with van der Waals surface area (Å²) in [5.74, 6) is -0.610. The number of rotatable bonds is 4. The van der Waals surface area contributed by atoms with E-state index in [4.69, 9.17) is 9.47 Å². The van der Waals surface area contributed by atoms with Gasteiger partial charge in [-0.2, -0.15) is 0 Å². The summed E-state index contributed by atoms with van der Waals surface area (Å²) in [5.41, 5.74) is 2.30. The van der Waals surface area contributed by atoms with E-state index in [2.05, 4.69) is 5.32 Å². The lowest BCUT2D eigenvalue weighted by molar-refractivity contribution is -0.118. The Bertz CT molecular complexity index is 1170. The molecule has 1 aliphatic carbocycles. The van der Waals surface area contributed by atoms with Gasteiger partial charge in [0.05, 0.1) is 5.41 Å². The highest BCUT2D eigenvalue weighted by Gasteiger charge is 2.51. The van der Waals surface area contributed by atoms with Crippen LogP contribution in [0.1, 0.15) is 24.0 Å². The lowest BCUT2D eigenvalue weighted by Gasteiger charge is -2.17. The molecule has 1 N–H and O–H groups in total. The molecule has 1 amide bonds. The third-order valence-corrected chi connectivity index (χ3v) is 5.85. The number of halogens is 2. The topological polar surface area (TPSA) is 47.6 Å². The molecule has 3 aromatic rings. The fourth-order valence-electron chi connectivity index (χ4n) is 3.92. The van der Waals surface area contributed by atoms with Crippen LogP contribution in [0.2, 0.25) is 0 Å². The minimum Gasteiger partial charge on any atom is -0.454 e. The van der Waals surface area contributed by atoms with E-state index in [0.29, 0.717) is 22.7 Å². The Morgan fingerprint density at radius 2 is 1.77 bits per heavy atom. The molecule has 0 unspecified atom stereocenters. The highest BCUT2D eigenvalue weighted by molar-refractivity contribution is 6.02. The molecule has 0 bridgehead atoms. The lowest BCUT2D eigenvalue weighted by atomic mass is 9.94. The number of carbonyl (C=O) groups excluding carboxylic acids is 1. The number of benzene rings is 3. The number of anilines is 1. The highest BCUT2D eigenvalue weighted by Crippen LogP contribution is 2.51. The minimum atomic E-state index is -0.902. The van der Waals surface area contributed by atoms with Crippen LogP contribution in [0.4, 0.5) is 14.5 Å². The summed E-state index contributed by atoms with van der Waals surface area (Å²) in [6.45, 7) is 2.00. The van der Waals surface area contributed by atoms with Gasteiger partial charge in [0.2, 0.25) is 12.7 Å². The molecule has 4 nitrogen and oxygen atoms in total. The van der Waals surface area contributed by atoms with Crippen LogP contribution in [0.25, 0.3) is 11.1 Å². The maximum Gasteiger partial charge on any atom is 0.235 e. The van der Waals surface area contributed by atoms with Crippen LogP contribution in [0, 0.1) is 18.6 Å². The minimum absolute atomic E-state index is 0.129. The molecule has 5 rings (SSSR count). The Labute approximate surface area is 172 Å². The second-order valence-electron chi connectivity index (χ2n) is 7.74. The summed E-state index contributed by atoms with van der Waals surface area (Å²) in [4.78, 5) is 13.1. The van der Waals surface area contributed by atoms with Crippen molar-refractivity contribution in [3.05, 3.63) is 77.4 Å². The average molecular weight is 407 g/mol. The van der Waals surface area contributed by atoms with E-state index in [1.807, 2.05) is 25.1 Å². The molecule has 0 atom stereocenters. The van der Waals surface area contributed by atoms with Gasteiger partial charge in [-0.15, -0.1) is 0 Å². The molecule has 0 saturated heterocycles. The van der Waals surface area contributed by atoms with Crippen LogP contribution in [-0.4, -0.2) is 12.7 Å². The van der Waals surface area contributed by atoms with Gasteiger partial charge in [-0.05, 0) is 66.8 Å². The predicted octanol–water partition coefficient (Wildman–Crippen LogP) is 5.34. The number of hydrogen-bond acceptors (Lipinski definition) is 3. The third kappa shape index (κ3) is 3.00. The van der Waals surface area contributed by atoms with E-state index >= 15 is 0 Å². The van der Waals surface area contributed by atoms with Gasteiger partial charge in [-0.3, -0.25) is 4.79 Å². The van der Waals surface area contributed by atoms with Crippen molar-refractivity contribution in [2.75, 3.05) is 12.1 Å². The zero-order valence-corrected chi connectivity index (χ0v) is 16.3. The summed E-state index contributed by atoms with van der Waals surface area (Å²) >= 11 is 0. The molecule has 1 aliphatic heterocycles. The van der Waals surface area contributed by atoms with Gasteiger partial charge >= 0.3 is 0 Å². The summed E-state index contributed by atoms with van der Waals surface area (Å²) in [6, 6.07) is 14.9. The van der Waals surface area contributed by atoms with Crippen LogP contribution in [0.3, 0.4) is 0 Å². The van der Waals surface area contributed by atoms with Gasteiger partial charge in [0.1, 0.15) is 0 Å². The molecule has 1 heterocycles. The Balaban J connectivity index is 1.44. The Morgan fingerprint density at radius 3 is 2.57 bits per heavy atom. The molecule has 30 heavy (non-hydrogen) atoms. The average Bonchev–Trinajstić information content (AvgIpc) is 3.42. The van der Waals surface area contributed by atoms with Gasteiger partial charge in [-0.25, -0.2) is 8.78 Å². The SMILES string of the molecule is Cc1ccc(NC(=O)C2(c3ccc4c(c3)OCO4)CC2)cc1-c1cccc(F)c1F. The second-order valence-corrected chi connectivity index (χ2v) is 7.74. The fraction of sp³-hybridized carbons (Fsp3) is 0.208. The molecule has 152 valence electrons. The number of carbonyl (C=O) groups is 1. The fourth-order valence-corrected chi connectivity index (χ4v) is 3.92. The highest BCUT2D eigenvalue weighted by atomic mass is 19.2. The second kappa shape index (κ2) is 6.83. The normalized spacial score (nSPS) is 15.7. The van der Waals surface area contributed by atoms with Crippen molar-refractivity contribution in [3.63, 3.8) is 0 Å². The van der Waals surface area contributed by atoms with Gasteiger partial charge in [0.15, 0.2) is 23.1 Å². The summed E-state index contributed by atoms with van der Waals surface area (Å²) in [5, 5.41) is 2.96. The maximum atomic E-state index is 14.3.